The lowest BCUT2D eigenvalue weighted by molar-refractivity contribution is -0.132. The van der Waals surface area contributed by atoms with E-state index in [2.05, 4.69) is 33.1 Å². The van der Waals surface area contributed by atoms with Crippen LogP contribution in [0.3, 0.4) is 0 Å². The summed E-state index contributed by atoms with van der Waals surface area (Å²) in [6, 6.07) is 14.3. The first-order valence-corrected chi connectivity index (χ1v) is 9.74. The number of carbonyl (C=O) groups is 1. The van der Waals surface area contributed by atoms with Gasteiger partial charge in [0.1, 0.15) is 0 Å². The van der Waals surface area contributed by atoms with Crippen LogP contribution in [0.25, 0.3) is 10.9 Å². The molecule has 0 unspecified atom stereocenters. The van der Waals surface area contributed by atoms with Gasteiger partial charge in [-0.1, -0.05) is 24.3 Å². The summed E-state index contributed by atoms with van der Waals surface area (Å²) in [5.41, 5.74) is 3.50. The summed E-state index contributed by atoms with van der Waals surface area (Å²) in [6.07, 6.45) is 6.22. The standard InChI is InChI=1S/C22H26N4O/c27-22(9-8-18-17-24-21-7-2-1-6-20(18)21)26-15-13-25(14-16-26)12-10-19-5-3-4-11-23-19/h1-7,11,17,24H,8-10,12-16H2. The molecule has 1 amide bonds. The van der Waals surface area contributed by atoms with Crippen molar-refractivity contribution in [2.24, 2.45) is 0 Å². The van der Waals surface area contributed by atoms with Gasteiger partial charge in [-0.05, 0) is 30.2 Å². The van der Waals surface area contributed by atoms with E-state index in [-0.39, 0.29) is 5.91 Å². The zero-order valence-electron chi connectivity index (χ0n) is 15.6. The van der Waals surface area contributed by atoms with Crippen molar-refractivity contribution >= 4 is 16.8 Å². The fourth-order valence-corrected chi connectivity index (χ4v) is 3.78. The maximum atomic E-state index is 12.6. The fourth-order valence-electron chi connectivity index (χ4n) is 3.78. The van der Waals surface area contributed by atoms with E-state index < -0.39 is 0 Å². The van der Waals surface area contributed by atoms with Gasteiger partial charge in [-0.15, -0.1) is 0 Å². The molecule has 1 saturated heterocycles. The Balaban J connectivity index is 1.23. The maximum Gasteiger partial charge on any atom is 0.222 e. The van der Waals surface area contributed by atoms with E-state index in [0.717, 1.165) is 56.8 Å². The first-order valence-electron chi connectivity index (χ1n) is 9.74. The number of carbonyl (C=O) groups excluding carboxylic acids is 1. The van der Waals surface area contributed by atoms with Crippen molar-refractivity contribution in [3.63, 3.8) is 0 Å². The largest absolute Gasteiger partial charge is 0.361 e. The van der Waals surface area contributed by atoms with Crippen molar-refractivity contribution < 1.29 is 4.79 Å². The maximum absolute atomic E-state index is 12.6. The second-order valence-electron chi connectivity index (χ2n) is 7.15. The molecule has 0 saturated carbocycles. The zero-order valence-corrected chi connectivity index (χ0v) is 15.6. The van der Waals surface area contributed by atoms with Crippen LogP contribution in [0.5, 0.6) is 0 Å². The number of aryl methyl sites for hydroxylation is 1. The predicted molar refractivity (Wildman–Crippen MR) is 108 cm³/mol. The van der Waals surface area contributed by atoms with E-state index in [1.165, 1.54) is 10.9 Å². The van der Waals surface area contributed by atoms with Crippen molar-refractivity contribution in [3.05, 3.63) is 66.1 Å². The summed E-state index contributed by atoms with van der Waals surface area (Å²) < 4.78 is 0. The monoisotopic (exact) mass is 362 g/mol. The topological polar surface area (TPSA) is 52.2 Å². The Morgan fingerprint density at radius 2 is 1.81 bits per heavy atom. The molecule has 0 bridgehead atoms. The van der Waals surface area contributed by atoms with Crippen LogP contribution in [-0.2, 0) is 17.6 Å². The van der Waals surface area contributed by atoms with Crippen molar-refractivity contribution in [1.29, 1.82) is 0 Å². The second kappa shape index (κ2) is 8.35. The number of rotatable bonds is 6. The molecular formula is C22H26N4O. The Bertz CT molecular complexity index is 881. The number of hydrogen-bond acceptors (Lipinski definition) is 3. The number of benzene rings is 1. The smallest absolute Gasteiger partial charge is 0.222 e. The molecule has 3 heterocycles. The molecule has 5 heteroatoms. The van der Waals surface area contributed by atoms with Crippen LogP contribution >= 0.6 is 0 Å². The summed E-state index contributed by atoms with van der Waals surface area (Å²) in [5, 5.41) is 1.23. The SMILES string of the molecule is O=C(CCc1c[nH]c2ccccc12)N1CCN(CCc2ccccn2)CC1. The van der Waals surface area contributed by atoms with Crippen molar-refractivity contribution in [3.8, 4) is 0 Å². The van der Waals surface area contributed by atoms with E-state index in [9.17, 15) is 4.79 Å². The fraction of sp³-hybridized carbons (Fsp3) is 0.364. The molecule has 27 heavy (non-hydrogen) atoms. The minimum atomic E-state index is 0.268. The Kier molecular flexibility index (Phi) is 5.49. The van der Waals surface area contributed by atoms with Crippen LogP contribution in [0.4, 0.5) is 0 Å². The average Bonchev–Trinajstić information content (AvgIpc) is 3.15. The third kappa shape index (κ3) is 4.37. The molecule has 0 radical (unpaired) electrons. The van der Waals surface area contributed by atoms with Crippen LogP contribution in [-0.4, -0.2) is 58.4 Å². The van der Waals surface area contributed by atoms with Gasteiger partial charge >= 0.3 is 0 Å². The van der Waals surface area contributed by atoms with Gasteiger partial charge in [0.25, 0.3) is 0 Å². The van der Waals surface area contributed by atoms with E-state index >= 15 is 0 Å². The zero-order chi connectivity index (χ0) is 18.5. The number of nitrogens with zero attached hydrogens (tertiary/aromatic N) is 3. The Hall–Kier alpha value is -2.66. The molecule has 1 aliphatic rings. The number of amides is 1. The number of piperazine rings is 1. The highest BCUT2D eigenvalue weighted by atomic mass is 16.2. The summed E-state index contributed by atoms with van der Waals surface area (Å²) in [7, 11) is 0. The second-order valence-corrected chi connectivity index (χ2v) is 7.15. The van der Waals surface area contributed by atoms with Crippen LogP contribution in [0.15, 0.2) is 54.9 Å². The number of H-pyrrole nitrogens is 1. The number of para-hydroxylation sites is 1. The van der Waals surface area contributed by atoms with Crippen molar-refractivity contribution in [2.75, 3.05) is 32.7 Å². The Morgan fingerprint density at radius 1 is 1.00 bits per heavy atom. The van der Waals surface area contributed by atoms with Gasteiger partial charge in [0.05, 0.1) is 0 Å². The molecule has 0 spiro atoms. The van der Waals surface area contributed by atoms with Gasteiger partial charge in [0.15, 0.2) is 0 Å². The van der Waals surface area contributed by atoms with Crippen LogP contribution < -0.4 is 0 Å². The molecule has 5 nitrogen and oxygen atoms in total. The van der Waals surface area contributed by atoms with E-state index in [0.29, 0.717) is 6.42 Å². The Labute approximate surface area is 160 Å². The quantitative estimate of drug-likeness (QED) is 0.734. The summed E-state index contributed by atoms with van der Waals surface area (Å²) in [6.45, 7) is 4.57. The predicted octanol–water partition coefficient (Wildman–Crippen LogP) is 2.88. The van der Waals surface area contributed by atoms with Gasteiger partial charge in [-0.3, -0.25) is 14.7 Å². The molecule has 1 N–H and O–H groups in total. The molecule has 1 fully saturated rings. The molecule has 140 valence electrons. The van der Waals surface area contributed by atoms with E-state index in [1.807, 2.05) is 41.6 Å². The van der Waals surface area contributed by atoms with Crippen molar-refractivity contribution in [2.45, 2.75) is 19.3 Å². The average molecular weight is 362 g/mol. The van der Waals surface area contributed by atoms with E-state index in [4.69, 9.17) is 0 Å². The highest BCUT2D eigenvalue weighted by Gasteiger charge is 2.21. The third-order valence-electron chi connectivity index (χ3n) is 5.42. The molecule has 3 aromatic rings. The third-order valence-corrected chi connectivity index (χ3v) is 5.42. The van der Waals surface area contributed by atoms with Gasteiger partial charge in [-0.25, -0.2) is 0 Å². The van der Waals surface area contributed by atoms with Gasteiger partial charge in [-0.2, -0.15) is 0 Å². The summed E-state index contributed by atoms with van der Waals surface area (Å²) >= 11 is 0. The van der Waals surface area contributed by atoms with Gasteiger partial charge in [0.2, 0.25) is 5.91 Å². The lowest BCUT2D eigenvalue weighted by Gasteiger charge is -2.34. The lowest BCUT2D eigenvalue weighted by Crippen LogP contribution is -2.49. The minimum Gasteiger partial charge on any atom is -0.361 e. The molecule has 0 atom stereocenters. The molecule has 2 aromatic heterocycles. The highest BCUT2D eigenvalue weighted by molar-refractivity contribution is 5.84. The van der Waals surface area contributed by atoms with Gasteiger partial charge < -0.3 is 9.88 Å². The number of pyridine rings is 1. The normalized spacial score (nSPS) is 15.3. The highest BCUT2D eigenvalue weighted by Crippen LogP contribution is 2.19. The number of nitrogens with one attached hydrogen (secondary N) is 1. The number of hydrogen-bond donors (Lipinski definition) is 1. The van der Waals surface area contributed by atoms with Crippen LogP contribution in [0.2, 0.25) is 0 Å². The molecule has 1 aliphatic heterocycles. The molecule has 0 aliphatic carbocycles. The minimum absolute atomic E-state index is 0.268. The van der Waals surface area contributed by atoms with Crippen LogP contribution in [0.1, 0.15) is 17.7 Å². The number of aromatic amines is 1. The number of aromatic nitrogens is 2. The summed E-state index contributed by atoms with van der Waals surface area (Å²) in [4.78, 5) is 24.7. The molecular weight excluding hydrogens is 336 g/mol. The lowest BCUT2D eigenvalue weighted by atomic mass is 10.1. The molecule has 4 rings (SSSR count). The number of fused-ring (bicyclic) bond motifs is 1. The Morgan fingerprint density at radius 3 is 2.63 bits per heavy atom. The first-order chi connectivity index (χ1) is 13.3. The van der Waals surface area contributed by atoms with Crippen LogP contribution in [0, 0.1) is 0 Å². The molecule has 1 aromatic carbocycles. The van der Waals surface area contributed by atoms with Crippen molar-refractivity contribution in [1.82, 2.24) is 19.8 Å². The summed E-state index contributed by atoms with van der Waals surface area (Å²) in [5.74, 6) is 0.268. The van der Waals surface area contributed by atoms with E-state index in [1.54, 1.807) is 0 Å². The van der Waals surface area contributed by atoms with Gasteiger partial charge in [0, 0.05) is 74.6 Å². The first kappa shape index (κ1) is 17.7.